The molecule has 0 amide bonds. The molecule has 1 heterocycles. The number of hydrogen-bond donors (Lipinski definition) is 2. The lowest BCUT2D eigenvalue weighted by Crippen LogP contribution is -2.45. The summed E-state index contributed by atoms with van der Waals surface area (Å²) in [4.78, 5) is 2.27. The van der Waals surface area contributed by atoms with Crippen molar-refractivity contribution in [3.63, 3.8) is 0 Å². The second-order valence-corrected chi connectivity index (χ2v) is 4.71. The zero-order valence-electron chi connectivity index (χ0n) is 11.6. The molecule has 0 radical (unpaired) electrons. The van der Waals surface area contributed by atoms with Gasteiger partial charge in [-0.15, -0.1) is 12.4 Å². The number of phenolic OH excluding ortho intramolecular Hbond substituents is 1. The Balaban J connectivity index is 0.00000200. The highest BCUT2D eigenvalue weighted by Crippen LogP contribution is 2.34. The van der Waals surface area contributed by atoms with Crippen LogP contribution >= 0.6 is 12.4 Å². The van der Waals surface area contributed by atoms with Crippen LogP contribution in [0.2, 0.25) is 0 Å². The van der Waals surface area contributed by atoms with Crippen LogP contribution < -0.4 is 10.1 Å². The Hall–Kier alpha value is -1.04. The summed E-state index contributed by atoms with van der Waals surface area (Å²) < 4.78 is 18.2. The van der Waals surface area contributed by atoms with Crippen molar-refractivity contribution in [2.45, 2.75) is 12.5 Å². The number of hydrogen-bond acceptors (Lipinski definition) is 4. The molecule has 6 heteroatoms. The molecule has 1 aromatic rings. The number of benzene rings is 1. The molecule has 1 saturated heterocycles. The smallest absolute Gasteiger partial charge is 0.127 e. The van der Waals surface area contributed by atoms with Gasteiger partial charge in [-0.3, -0.25) is 9.29 Å². The van der Waals surface area contributed by atoms with Gasteiger partial charge in [-0.25, -0.2) is 0 Å². The van der Waals surface area contributed by atoms with Crippen molar-refractivity contribution < 1.29 is 14.2 Å². The van der Waals surface area contributed by atoms with E-state index in [4.69, 9.17) is 4.74 Å². The van der Waals surface area contributed by atoms with E-state index in [1.807, 2.05) is 6.07 Å². The van der Waals surface area contributed by atoms with Crippen molar-refractivity contribution >= 4 is 12.4 Å². The van der Waals surface area contributed by atoms with Crippen molar-refractivity contribution in [2.75, 3.05) is 40.0 Å². The lowest BCUT2D eigenvalue weighted by atomic mass is 10.0. The van der Waals surface area contributed by atoms with Crippen molar-refractivity contribution in [1.29, 1.82) is 0 Å². The van der Waals surface area contributed by atoms with Crippen molar-refractivity contribution in [2.24, 2.45) is 0 Å². The topological polar surface area (TPSA) is 44.7 Å². The van der Waals surface area contributed by atoms with Gasteiger partial charge in [0, 0.05) is 43.9 Å². The molecule has 0 saturated carbocycles. The van der Waals surface area contributed by atoms with E-state index in [9.17, 15) is 9.50 Å². The monoisotopic (exact) mass is 304 g/mol. The van der Waals surface area contributed by atoms with E-state index < -0.39 is 0 Å². The fourth-order valence-electron chi connectivity index (χ4n) is 2.61. The van der Waals surface area contributed by atoms with E-state index in [1.165, 1.54) is 0 Å². The van der Waals surface area contributed by atoms with Gasteiger partial charge in [-0.2, -0.15) is 0 Å². The molecule has 4 nitrogen and oxygen atoms in total. The first kappa shape index (κ1) is 17.0. The molecular formula is C14H22ClFN2O2. The first-order chi connectivity index (χ1) is 9.26. The Morgan fingerprint density at radius 1 is 1.40 bits per heavy atom. The highest BCUT2D eigenvalue weighted by atomic mass is 35.5. The third kappa shape index (κ3) is 3.98. The maximum atomic E-state index is 12.9. The summed E-state index contributed by atoms with van der Waals surface area (Å²) in [7, 11) is 1.57. The van der Waals surface area contributed by atoms with Gasteiger partial charge in [-0.05, 0) is 12.5 Å². The van der Waals surface area contributed by atoms with Gasteiger partial charge < -0.3 is 15.2 Å². The zero-order chi connectivity index (χ0) is 13.7. The average molecular weight is 305 g/mol. The van der Waals surface area contributed by atoms with Crippen LogP contribution in [0.3, 0.4) is 0 Å². The summed E-state index contributed by atoms with van der Waals surface area (Å²) in [5.74, 6) is 0.789. The number of methoxy groups -OCH3 is 1. The number of piperazine rings is 1. The van der Waals surface area contributed by atoms with Crippen LogP contribution in [0.25, 0.3) is 0 Å². The molecule has 0 spiro atoms. The Kier molecular flexibility index (Phi) is 7.05. The maximum absolute atomic E-state index is 12.9. The fraction of sp³-hybridized carbons (Fsp3) is 0.571. The molecule has 2 N–H and O–H groups in total. The first-order valence-electron chi connectivity index (χ1n) is 6.64. The molecule has 0 aromatic heterocycles. The first-order valence-corrected chi connectivity index (χ1v) is 6.64. The fourth-order valence-corrected chi connectivity index (χ4v) is 2.61. The number of rotatable bonds is 5. The van der Waals surface area contributed by atoms with Gasteiger partial charge in [0.1, 0.15) is 11.5 Å². The van der Waals surface area contributed by atoms with Crippen LogP contribution in [-0.2, 0) is 0 Å². The second-order valence-electron chi connectivity index (χ2n) is 4.71. The third-order valence-corrected chi connectivity index (χ3v) is 3.55. The quantitative estimate of drug-likeness (QED) is 0.875. The third-order valence-electron chi connectivity index (χ3n) is 3.55. The molecule has 1 aliphatic rings. The van der Waals surface area contributed by atoms with E-state index in [0.717, 1.165) is 31.7 Å². The normalized spacial score (nSPS) is 17.3. The van der Waals surface area contributed by atoms with Gasteiger partial charge >= 0.3 is 0 Å². The highest BCUT2D eigenvalue weighted by Gasteiger charge is 2.24. The standard InChI is InChI=1S/C14H21FN2O2.ClH/c1-19-14-10-11(18)2-3-12(14)13(4-5-15)17-8-6-16-7-9-17;/h2-3,10,13,16,18H,4-9H2,1H3;1H/t13-;/m0./s1. The Morgan fingerprint density at radius 2 is 2.10 bits per heavy atom. The molecule has 20 heavy (non-hydrogen) atoms. The lowest BCUT2D eigenvalue weighted by molar-refractivity contribution is 0.155. The van der Waals surface area contributed by atoms with E-state index in [-0.39, 0.29) is 30.9 Å². The van der Waals surface area contributed by atoms with Gasteiger partial charge in [0.05, 0.1) is 13.8 Å². The lowest BCUT2D eigenvalue weighted by Gasteiger charge is -2.35. The number of nitrogens with one attached hydrogen (secondary N) is 1. The number of phenols is 1. The molecule has 0 aliphatic carbocycles. The number of aromatic hydroxyl groups is 1. The number of halogens is 2. The minimum atomic E-state index is -0.362. The van der Waals surface area contributed by atoms with Crippen LogP contribution in [0.15, 0.2) is 18.2 Å². The van der Waals surface area contributed by atoms with Crippen molar-refractivity contribution in [3.8, 4) is 11.5 Å². The van der Waals surface area contributed by atoms with Gasteiger partial charge in [-0.1, -0.05) is 6.07 Å². The van der Waals surface area contributed by atoms with E-state index >= 15 is 0 Å². The molecule has 1 aromatic carbocycles. The van der Waals surface area contributed by atoms with Crippen molar-refractivity contribution in [3.05, 3.63) is 23.8 Å². The Bertz CT molecular complexity index is 414. The van der Waals surface area contributed by atoms with Gasteiger partial charge in [0.2, 0.25) is 0 Å². The van der Waals surface area contributed by atoms with Crippen LogP contribution in [0.1, 0.15) is 18.0 Å². The molecule has 0 bridgehead atoms. The molecule has 2 rings (SSSR count). The second kappa shape index (κ2) is 8.29. The zero-order valence-corrected chi connectivity index (χ0v) is 12.5. The molecular weight excluding hydrogens is 283 g/mol. The molecule has 1 fully saturated rings. The Morgan fingerprint density at radius 3 is 2.70 bits per heavy atom. The summed E-state index contributed by atoms with van der Waals surface area (Å²) >= 11 is 0. The summed E-state index contributed by atoms with van der Waals surface area (Å²) in [6.45, 7) is 3.27. The number of nitrogens with zero attached hydrogens (tertiary/aromatic N) is 1. The summed E-state index contributed by atoms with van der Waals surface area (Å²) in [5.41, 5.74) is 0.944. The predicted molar refractivity (Wildman–Crippen MR) is 79.7 cm³/mol. The van der Waals surface area contributed by atoms with Gasteiger partial charge in [0.25, 0.3) is 0 Å². The average Bonchev–Trinajstić information content (AvgIpc) is 2.46. The SMILES string of the molecule is COc1cc(O)ccc1[C@H](CCF)N1CCNCC1.Cl. The molecule has 114 valence electrons. The van der Waals surface area contributed by atoms with Crippen molar-refractivity contribution in [1.82, 2.24) is 10.2 Å². The van der Waals surface area contributed by atoms with Crippen LogP contribution in [0.5, 0.6) is 11.5 Å². The van der Waals surface area contributed by atoms with Crippen LogP contribution in [0, 0.1) is 0 Å². The number of alkyl halides is 1. The largest absolute Gasteiger partial charge is 0.508 e. The van der Waals surface area contributed by atoms with Crippen LogP contribution in [0.4, 0.5) is 4.39 Å². The van der Waals surface area contributed by atoms with Gasteiger partial charge in [0.15, 0.2) is 0 Å². The Labute approximate surface area is 125 Å². The van der Waals surface area contributed by atoms with Crippen LogP contribution in [-0.4, -0.2) is 50.0 Å². The molecule has 0 unspecified atom stereocenters. The summed E-state index contributed by atoms with van der Waals surface area (Å²) in [6.07, 6.45) is 0.446. The number of ether oxygens (including phenoxy) is 1. The maximum Gasteiger partial charge on any atom is 0.127 e. The van der Waals surface area contributed by atoms with E-state index in [2.05, 4.69) is 10.2 Å². The highest BCUT2D eigenvalue weighted by molar-refractivity contribution is 5.85. The minimum Gasteiger partial charge on any atom is -0.508 e. The minimum absolute atomic E-state index is 0. The summed E-state index contributed by atoms with van der Waals surface area (Å²) in [5, 5.41) is 12.8. The molecule has 1 atom stereocenters. The molecule has 1 aliphatic heterocycles. The van der Waals surface area contributed by atoms with E-state index in [1.54, 1.807) is 19.2 Å². The van der Waals surface area contributed by atoms with E-state index in [0.29, 0.717) is 12.2 Å². The predicted octanol–water partition coefficient (Wildman–Crippen LogP) is 2.13. The summed E-state index contributed by atoms with van der Waals surface area (Å²) in [6, 6.07) is 5.05.